The van der Waals surface area contributed by atoms with Crippen LogP contribution in [0.5, 0.6) is 5.75 Å². The van der Waals surface area contributed by atoms with E-state index in [9.17, 15) is 10.4 Å². The van der Waals surface area contributed by atoms with Gasteiger partial charge in [0.1, 0.15) is 23.2 Å². The summed E-state index contributed by atoms with van der Waals surface area (Å²) in [6.07, 6.45) is 2.27. The quantitative estimate of drug-likeness (QED) is 0.783. The number of ether oxygens (including phenoxy) is 1. The van der Waals surface area contributed by atoms with Gasteiger partial charge in [0.2, 0.25) is 0 Å². The number of aliphatic hydroxyl groups excluding tert-OH is 1. The number of nitrogen functional groups attached to an aromatic ring is 1. The number of nitrogens with two attached hydrogens (primary N) is 2. The molecule has 0 spiro atoms. The zero-order chi connectivity index (χ0) is 18.0. The minimum absolute atomic E-state index is 0.0447. The van der Waals surface area contributed by atoms with Crippen molar-refractivity contribution < 1.29 is 9.84 Å². The second-order valence-electron chi connectivity index (χ2n) is 6.20. The zero-order valence-electron chi connectivity index (χ0n) is 14.2. The molecule has 1 aromatic carbocycles. The first-order valence-electron chi connectivity index (χ1n) is 8.42. The molecule has 130 valence electrons. The maximum atomic E-state index is 9.68. The topological polar surface area (TPSA) is 118 Å². The van der Waals surface area contributed by atoms with Crippen LogP contribution >= 0.6 is 0 Å². The Morgan fingerprint density at radius 1 is 1.44 bits per heavy atom. The van der Waals surface area contributed by atoms with E-state index in [1.807, 2.05) is 25.1 Å². The highest BCUT2D eigenvalue weighted by Gasteiger charge is 2.25. The highest BCUT2D eigenvalue weighted by Crippen LogP contribution is 2.37. The molecule has 0 radical (unpaired) electrons. The molecule has 3 rings (SSSR count). The first-order chi connectivity index (χ1) is 12.1. The number of nitriles is 1. The summed E-state index contributed by atoms with van der Waals surface area (Å²) < 4.78 is 5.55. The number of rotatable bonds is 4. The van der Waals surface area contributed by atoms with Gasteiger partial charge in [0.15, 0.2) is 0 Å². The van der Waals surface area contributed by atoms with Crippen molar-refractivity contribution in [2.24, 2.45) is 5.73 Å². The summed E-state index contributed by atoms with van der Waals surface area (Å²) in [6, 6.07) is 7.78. The van der Waals surface area contributed by atoms with E-state index < -0.39 is 0 Å². The van der Waals surface area contributed by atoms with E-state index in [-0.39, 0.29) is 18.5 Å². The average Bonchev–Trinajstić information content (AvgIpc) is 2.61. The lowest BCUT2D eigenvalue weighted by Crippen LogP contribution is -2.29. The molecule has 0 saturated heterocycles. The molecule has 6 nitrogen and oxygen atoms in total. The second kappa shape index (κ2) is 7.09. The SMILES string of the molecule is CCOc1ccc(-c2c(C#N)c(N)nc3c2CC(N)CC3)cc1CO. The predicted molar refractivity (Wildman–Crippen MR) is 95.9 cm³/mol. The van der Waals surface area contributed by atoms with Crippen LogP contribution in [0, 0.1) is 11.3 Å². The summed E-state index contributed by atoms with van der Waals surface area (Å²) in [5.74, 6) is 0.881. The lowest BCUT2D eigenvalue weighted by molar-refractivity contribution is 0.267. The zero-order valence-corrected chi connectivity index (χ0v) is 14.2. The Morgan fingerprint density at radius 3 is 2.92 bits per heavy atom. The molecular weight excluding hydrogens is 316 g/mol. The van der Waals surface area contributed by atoms with E-state index in [1.54, 1.807) is 0 Å². The molecular formula is C19H22N4O2. The number of fused-ring (bicyclic) bond motifs is 1. The van der Waals surface area contributed by atoms with Gasteiger partial charge in [0, 0.05) is 22.9 Å². The van der Waals surface area contributed by atoms with E-state index in [0.29, 0.717) is 29.9 Å². The van der Waals surface area contributed by atoms with E-state index >= 15 is 0 Å². The first-order valence-corrected chi connectivity index (χ1v) is 8.42. The molecule has 1 unspecified atom stereocenters. The third kappa shape index (κ3) is 3.16. The van der Waals surface area contributed by atoms with E-state index in [1.165, 1.54) is 0 Å². The molecule has 1 atom stereocenters. The van der Waals surface area contributed by atoms with Gasteiger partial charge in [-0.15, -0.1) is 0 Å². The van der Waals surface area contributed by atoms with Crippen molar-refractivity contribution in [2.75, 3.05) is 12.3 Å². The molecule has 0 saturated carbocycles. The van der Waals surface area contributed by atoms with Gasteiger partial charge in [0.25, 0.3) is 0 Å². The Labute approximate surface area is 147 Å². The number of aryl methyl sites for hydroxylation is 1. The van der Waals surface area contributed by atoms with Crippen LogP contribution < -0.4 is 16.2 Å². The van der Waals surface area contributed by atoms with Crippen molar-refractivity contribution in [1.29, 1.82) is 5.26 Å². The fraction of sp³-hybridized carbons (Fsp3) is 0.368. The number of aliphatic hydroxyl groups is 1. The highest BCUT2D eigenvalue weighted by atomic mass is 16.5. The summed E-state index contributed by atoms with van der Waals surface area (Å²) in [5.41, 5.74) is 16.7. The van der Waals surface area contributed by atoms with Crippen LogP contribution in [0.1, 0.15) is 35.7 Å². The normalized spacial score (nSPS) is 16.2. The van der Waals surface area contributed by atoms with Gasteiger partial charge >= 0.3 is 0 Å². The molecule has 0 bridgehead atoms. The fourth-order valence-corrected chi connectivity index (χ4v) is 3.39. The maximum absolute atomic E-state index is 9.68. The minimum Gasteiger partial charge on any atom is -0.494 e. The molecule has 6 heteroatoms. The monoisotopic (exact) mass is 338 g/mol. The van der Waals surface area contributed by atoms with Crippen LogP contribution in [0.25, 0.3) is 11.1 Å². The number of anilines is 1. The van der Waals surface area contributed by atoms with Gasteiger partial charge in [-0.3, -0.25) is 0 Å². The third-order valence-corrected chi connectivity index (χ3v) is 4.56. The van der Waals surface area contributed by atoms with E-state index in [4.69, 9.17) is 16.2 Å². The Morgan fingerprint density at radius 2 is 2.24 bits per heavy atom. The van der Waals surface area contributed by atoms with Crippen molar-refractivity contribution in [3.63, 3.8) is 0 Å². The van der Waals surface area contributed by atoms with Crippen LogP contribution in [-0.2, 0) is 19.4 Å². The third-order valence-electron chi connectivity index (χ3n) is 4.56. The van der Waals surface area contributed by atoms with Crippen molar-refractivity contribution in [3.8, 4) is 22.9 Å². The molecule has 0 amide bonds. The van der Waals surface area contributed by atoms with Crippen molar-refractivity contribution >= 4 is 5.82 Å². The molecule has 2 aromatic rings. The summed E-state index contributed by atoms with van der Waals surface area (Å²) in [4.78, 5) is 4.42. The Hall–Kier alpha value is -2.62. The second-order valence-corrected chi connectivity index (χ2v) is 6.20. The van der Waals surface area contributed by atoms with Crippen molar-refractivity contribution in [2.45, 2.75) is 38.8 Å². The molecule has 1 aliphatic carbocycles. The van der Waals surface area contributed by atoms with Crippen LogP contribution in [0.3, 0.4) is 0 Å². The molecule has 0 aliphatic heterocycles. The Balaban J connectivity index is 2.23. The maximum Gasteiger partial charge on any atom is 0.142 e. The largest absolute Gasteiger partial charge is 0.494 e. The highest BCUT2D eigenvalue weighted by molar-refractivity contribution is 5.80. The number of hydrogen-bond donors (Lipinski definition) is 3. The fourth-order valence-electron chi connectivity index (χ4n) is 3.39. The average molecular weight is 338 g/mol. The first kappa shape index (κ1) is 17.2. The summed E-state index contributed by atoms with van der Waals surface area (Å²) in [5, 5.41) is 19.3. The Bertz CT molecular complexity index is 842. The van der Waals surface area contributed by atoms with Crippen molar-refractivity contribution in [3.05, 3.63) is 40.6 Å². The molecule has 25 heavy (non-hydrogen) atoms. The van der Waals surface area contributed by atoms with Gasteiger partial charge in [-0.2, -0.15) is 5.26 Å². The molecule has 0 fully saturated rings. The predicted octanol–water partition coefficient (Wildman–Crippen LogP) is 1.91. The number of aromatic nitrogens is 1. The summed E-state index contributed by atoms with van der Waals surface area (Å²) >= 11 is 0. The standard InChI is InChI=1S/C19H22N4O2/c1-2-25-17-6-3-11(7-12(17)10-24)18-14-8-13(21)4-5-16(14)23-19(22)15(18)9-20/h3,6-7,13,24H,2,4-5,8,10,21H2,1H3,(H2,22,23). The minimum atomic E-state index is -0.146. The molecule has 5 N–H and O–H groups in total. The van der Waals surface area contributed by atoms with Crippen molar-refractivity contribution in [1.82, 2.24) is 4.98 Å². The van der Waals surface area contributed by atoms with Crippen LogP contribution in [0.15, 0.2) is 18.2 Å². The lowest BCUT2D eigenvalue weighted by Gasteiger charge is -2.25. The lowest BCUT2D eigenvalue weighted by atomic mass is 9.84. The molecule has 1 heterocycles. The number of pyridine rings is 1. The van der Waals surface area contributed by atoms with Gasteiger partial charge in [0.05, 0.1) is 13.2 Å². The molecule has 1 aliphatic rings. The molecule has 1 aromatic heterocycles. The van der Waals surface area contributed by atoms with Crippen LogP contribution in [-0.4, -0.2) is 22.7 Å². The number of nitrogens with zero attached hydrogens (tertiary/aromatic N) is 2. The number of hydrogen-bond acceptors (Lipinski definition) is 6. The smallest absolute Gasteiger partial charge is 0.142 e. The number of benzene rings is 1. The van der Waals surface area contributed by atoms with E-state index in [0.717, 1.165) is 35.2 Å². The van der Waals surface area contributed by atoms with Gasteiger partial charge < -0.3 is 21.3 Å². The van der Waals surface area contributed by atoms with E-state index in [2.05, 4.69) is 11.1 Å². The summed E-state index contributed by atoms with van der Waals surface area (Å²) in [6.45, 7) is 2.26. The van der Waals surface area contributed by atoms with Crippen LogP contribution in [0.4, 0.5) is 5.82 Å². The van der Waals surface area contributed by atoms with Crippen LogP contribution in [0.2, 0.25) is 0 Å². The van der Waals surface area contributed by atoms with Gasteiger partial charge in [-0.1, -0.05) is 6.07 Å². The Kier molecular flexibility index (Phi) is 4.88. The van der Waals surface area contributed by atoms with Gasteiger partial charge in [-0.25, -0.2) is 4.98 Å². The summed E-state index contributed by atoms with van der Waals surface area (Å²) in [7, 11) is 0. The van der Waals surface area contributed by atoms with Gasteiger partial charge in [-0.05, 0) is 49.4 Å².